The first-order chi connectivity index (χ1) is 11.6. The summed E-state index contributed by atoms with van der Waals surface area (Å²) < 4.78 is 1.60. The molecule has 0 unspecified atom stereocenters. The topological polar surface area (TPSA) is 112 Å². The summed E-state index contributed by atoms with van der Waals surface area (Å²) in [5.41, 5.74) is 8.55. The molecule has 0 saturated carbocycles. The number of nitrogen functional groups attached to an aromatic ring is 1. The van der Waals surface area contributed by atoms with Crippen molar-refractivity contribution in [1.82, 2.24) is 9.78 Å². The smallest absolute Gasteiger partial charge is 0.269 e. The Bertz CT molecular complexity index is 900. The SMILES string of the molecule is Cc1nn(-c2ccccc2)c(N)c1N=Nc1ccc([N+](=O)[O-])cc1. The second kappa shape index (κ2) is 6.29. The predicted molar refractivity (Wildman–Crippen MR) is 90.0 cm³/mol. The highest BCUT2D eigenvalue weighted by molar-refractivity contribution is 5.64. The van der Waals surface area contributed by atoms with Crippen molar-refractivity contribution in [3.8, 4) is 5.69 Å². The van der Waals surface area contributed by atoms with Gasteiger partial charge >= 0.3 is 0 Å². The van der Waals surface area contributed by atoms with Crippen LogP contribution < -0.4 is 5.73 Å². The number of benzene rings is 2. The van der Waals surface area contributed by atoms with Gasteiger partial charge in [-0.2, -0.15) is 10.2 Å². The van der Waals surface area contributed by atoms with Gasteiger partial charge in [-0.1, -0.05) is 18.2 Å². The summed E-state index contributed by atoms with van der Waals surface area (Å²) in [6, 6.07) is 15.3. The van der Waals surface area contributed by atoms with Crippen LogP contribution in [0.1, 0.15) is 5.69 Å². The number of nitrogens with two attached hydrogens (primary N) is 1. The van der Waals surface area contributed by atoms with Gasteiger partial charge in [0.15, 0.2) is 11.5 Å². The number of para-hydroxylation sites is 1. The quantitative estimate of drug-likeness (QED) is 0.443. The molecule has 2 N–H and O–H groups in total. The number of hydrogen-bond donors (Lipinski definition) is 1. The molecule has 1 heterocycles. The zero-order valence-corrected chi connectivity index (χ0v) is 12.8. The maximum atomic E-state index is 10.6. The van der Waals surface area contributed by atoms with Crippen LogP contribution in [0.2, 0.25) is 0 Å². The summed E-state index contributed by atoms with van der Waals surface area (Å²) >= 11 is 0. The highest BCUT2D eigenvalue weighted by Crippen LogP contribution is 2.30. The maximum absolute atomic E-state index is 10.6. The molecule has 0 fully saturated rings. The van der Waals surface area contributed by atoms with E-state index >= 15 is 0 Å². The fourth-order valence-electron chi connectivity index (χ4n) is 2.18. The third-order valence-corrected chi connectivity index (χ3v) is 3.39. The highest BCUT2D eigenvalue weighted by atomic mass is 16.6. The first kappa shape index (κ1) is 15.3. The molecule has 24 heavy (non-hydrogen) atoms. The number of nitrogens with zero attached hydrogens (tertiary/aromatic N) is 5. The van der Waals surface area contributed by atoms with E-state index < -0.39 is 4.92 Å². The summed E-state index contributed by atoms with van der Waals surface area (Å²) in [7, 11) is 0. The van der Waals surface area contributed by atoms with Crippen molar-refractivity contribution in [3.63, 3.8) is 0 Å². The molecule has 8 nitrogen and oxygen atoms in total. The molecule has 1 aromatic heterocycles. The van der Waals surface area contributed by atoms with Crippen molar-refractivity contribution < 1.29 is 4.92 Å². The third kappa shape index (κ3) is 2.98. The second-order valence-electron chi connectivity index (χ2n) is 5.04. The summed E-state index contributed by atoms with van der Waals surface area (Å²) in [6.07, 6.45) is 0. The molecule has 0 aliphatic rings. The Balaban J connectivity index is 1.90. The van der Waals surface area contributed by atoms with Crippen LogP contribution in [0.4, 0.5) is 22.9 Å². The van der Waals surface area contributed by atoms with Crippen molar-refractivity contribution in [3.05, 3.63) is 70.4 Å². The normalized spacial score (nSPS) is 11.0. The summed E-state index contributed by atoms with van der Waals surface area (Å²) in [6.45, 7) is 1.79. The lowest BCUT2D eigenvalue weighted by Gasteiger charge is -2.02. The van der Waals surface area contributed by atoms with Crippen LogP contribution in [0.3, 0.4) is 0 Å². The number of aromatic nitrogens is 2. The largest absolute Gasteiger partial charge is 0.382 e. The molecule has 3 rings (SSSR count). The van der Waals surface area contributed by atoms with Crippen LogP contribution in [0.25, 0.3) is 5.69 Å². The van der Waals surface area contributed by atoms with E-state index in [0.29, 0.717) is 22.9 Å². The van der Waals surface area contributed by atoms with E-state index in [-0.39, 0.29) is 5.69 Å². The molecule has 0 saturated heterocycles. The molecule has 0 aliphatic carbocycles. The first-order valence-corrected chi connectivity index (χ1v) is 7.13. The summed E-state index contributed by atoms with van der Waals surface area (Å²) in [5.74, 6) is 0.379. The van der Waals surface area contributed by atoms with Gasteiger partial charge in [0.25, 0.3) is 5.69 Å². The van der Waals surface area contributed by atoms with Crippen LogP contribution in [0.15, 0.2) is 64.8 Å². The van der Waals surface area contributed by atoms with Crippen molar-refractivity contribution in [2.75, 3.05) is 5.73 Å². The number of nitro benzene ring substituents is 1. The molecule has 120 valence electrons. The molecule has 0 amide bonds. The number of aryl methyl sites for hydroxylation is 1. The van der Waals surface area contributed by atoms with E-state index in [1.807, 2.05) is 30.3 Å². The lowest BCUT2D eigenvalue weighted by Crippen LogP contribution is -2.01. The van der Waals surface area contributed by atoms with E-state index in [2.05, 4.69) is 15.3 Å². The summed E-state index contributed by atoms with van der Waals surface area (Å²) in [4.78, 5) is 10.2. The number of non-ortho nitro benzene ring substituents is 1. The number of rotatable bonds is 4. The third-order valence-electron chi connectivity index (χ3n) is 3.39. The van der Waals surface area contributed by atoms with Crippen LogP contribution in [-0.2, 0) is 0 Å². The Hall–Kier alpha value is -3.55. The van der Waals surface area contributed by atoms with Gasteiger partial charge < -0.3 is 5.73 Å². The average molecular weight is 322 g/mol. The van der Waals surface area contributed by atoms with Crippen molar-refractivity contribution >= 4 is 22.9 Å². The molecular formula is C16H14N6O2. The van der Waals surface area contributed by atoms with Crippen LogP contribution in [0, 0.1) is 17.0 Å². The van der Waals surface area contributed by atoms with Crippen molar-refractivity contribution in [2.24, 2.45) is 10.2 Å². The molecule has 0 radical (unpaired) electrons. The van der Waals surface area contributed by atoms with E-state index in [4.69, 9.17) is 5.73 Å². The van der Waals surface area contributed by atoms with Crippen LogP contribution in [0.5, 0.6) is 0 Å². The minimum absolute atomic E-state index is 0.00143. The number of azo groups is 1. The highest BCUT2D eigenvalue weighted by Gasteiger charge is 2.13. The average Bonchev–Trinajstić information content (AvgIpc) is 2.88. The minimum Gasteiger partial charge on any atom is -0.382 e. The van der Waals surface area contributed by atoms with Gasteiger partial charge in [0, 0.05) is 12.1 Å². The molecule has 8 heteroatoms. The zero-order valence-electron chi connectivity index (χ0n) is 12.8. The Morgan fingerprint density at radius 1 is 1.08 bits per heavy atom. The zero-order chi connectivity index (χ0) is 17.1. The van der Waals surface area contributed by atoms with Crippen LogP contribution >= 0.6 is 0 Å². The van der Waals surface area contributed by atoms with Gasteiger partial charge in [-0.05, 0) is 31.2 Å². The number of nitro groups is 1. The lowest BCUT2D eigenvalue weighted by molar-refractivity contribution is -0.384. The van der Waals surface area contributed by atoms with E-state index in [9.17, 15) is 10.1 Å². The number of anilines is 1. The minimum atomic E-state index is -0.465. The summed E-state index contributed by atoms with van der Waals surface area (Å²) in [5, 5.41) is 23.2. The molecule has 0 aliphatic heterocycles. The van der Waals surface area contributed by atoms with Gasteiger partial charge in [0.1, 0.15) is 0 Å². The Morgan fingerprint density at radius 3 is 2.38 bits per heavy atom. The Morgan fingerprint density at radius 2 is 1.75 bits per heavy atom. The second-order valence-corrected chi connectivity index (χ2v) is 5.04. The van der Waals surface area contributed by atoms with Crippen molar-refractivity contribution in [1.29, 1.82) is 0 Å². The fourth-order valence-corrected chi connectivity index (χ4v) is 2.18. The predicted octanol–water partition coefficient (Wildman–Crippen LogP) is 4.09. The van der Waals surface area contributed by atoms with Crippen molar-refractivity contribution in [2.45, 2.75) is 6.92 Å². The van der Waals surface area contributed by atoms with Crippen LogP contribution in [-0.4, -0.2) is 14.7 Å². The molecular weight excluding hydrogens is 308 g/mol. The molecule has 0 atom stereocenters. The van der Waals surface area contributed by atoms with E-state index in [1.165, 1.54) is 24.3 Å². The maximum Gasteiger partial charge on any atom is 0.269 e. The number of hydrogen-bond acceptors (Lipinski definition) is 6. The lowest BCUT2D eigenvalue weighted by atomic mass is 10.3. The molecule has 2 aromatic carbocycles. The molecule has 0 spiro atoms. The molecule has 3 aromatic rings. The molecule has 0 bridgehead atoms. The van der Waals surface area contributed by atoms with Gasteiger partial charge in [0.2, 0.25) is 0 Å². The van der Waals surface area contributed by atoms with Gasteiger partial charge in [-0.3, -0.25) is 10.1 Å². The first-order valence-electron chi connectivity index (χ1n) is 7.13. The fraction of sp³-hybridized carbons (Fsp3) is 0.0625. The Labute approximate surface area is 137 Å². The Kier molecular flexibility index (Phi) is 4.02. The van der Waals surface area contributed by atoms with Gasteiger partial charge in [-0.25, -0.2) is 4.68 Å². The van der Waals surface area contributed by atoms with Gasteiger partial charge in [0.05, 0.1) is 22.0 Å². The monoisotopic (exact) mass is 322 g/mol. The van der Waals surface area contributed by atoms with Gasteiger partial charge in [-0.15, -0.1) is 5.11 Å². The standard InChI is InChI=1S/C16H14N6O2/c1-11-15(16(17)21(20-11)13-5-3-2-4-6-13)19-18-12-7-9-14(10-8-12)22(23)24/h2-10H,17H2,1H3. The van der Waals surface area contributed by atoms with E-state index in [1.54, 1.807) is 11.6 Å². The van der Waals surface area contributed by atoms with E-state index in [0.717, 1.165) is 5.69 Å².